The highest BCUT2D eigenvalue weighted by atomic mass is 16.5. The zero-order valence-electron chi connectivity index (χ0n) is 11.2. The van der Waals surface area contributed by atoms with Crippen LogP contribution in [0.4, 0.5) is 0 Å². The molecule has 1 N–H and O–H groups in total. The summed E-state index contributed by atoms with van der Waals surface area (Å²) in [5.41, 5.74) is 0.371. The summed E-state index contributed by atoms with van der Waals surface area (Å²) in [5.74, 6) is 0.0432. The average Bonchev–Trinajstić information content (AvgIpc) is 2.26. The van der Waals surface area contributed by atoms with Gasteiger partial charge in [0.25, 0.3) is 0 Å². The Morgan fingerprint density at radius 3 is 2.76 bits per heavy atom. The predicted molar refractivity (Wildman–Crippen MR) is 66.7 cm³/mol. The number of ether oxygens (including phenoxy) is 1. The molecule has 1 unspecified atom stereocenters. The van der Waals surface area contributed by atoms with E-state index in [1.54, 1.807) is 4.90 Å². The van der Waals surface area contributed by atoms with Crippen molar-refractivity contribution in [3.8, 4) is 0 Å². The van der Waals surface area contributed by atoms with Crippen LogP contribution in [-0.4, -0.2) is 47.3 Å². The molecule has 0 aromatic rings. The molecular weight excluding hydrogens is 218 g/mol. The van der Waals surface area contributed by atoms with Gasteiger partial charge in [-0.25, -0.2) is 0 Å². The first kappa shape index (κ1) is 14.2. The molecule has 0 aliphatic carbocycles. The molecule has 1 saturated heterocycles. The van der Waals surface area contributed by atoms with E-state index in [-0.39, 0.29) is 18.6 Å². The smallest absolute Gasteiger partial charge is 0.249 e. The van der Waals surface area contributed by atoms with Crippen LogP contribution in [-0.2, 0) is 9.53 Å². The third-order valence-corrected chi connectivity index (χ3v) is 2.82. The molecule has 1 rings (SSSR count). The summed E-state index contributed by atoms with van der Waals surface area (Å²) >= 11 is 0. The van der Waals surface area contributed by atoms with Crippen LogP contribution in [0.1, 0.15) is 34.1 Å². The highest BCUT2D eigenvalue weighted by molar-refractivity contribution is 5.92. The lowest BCUT2D eigenvalue weighted by molar-refractivity contribution is -0.164. The Labute approximate surface area is 103 Å². The van der Waals surface area contributed by atoms with Crippen molar-refractivity contribution in [1.29, 1.82) is 0 Å². The lowest BCUT2D eigenvalue weighted by Gasteiger charge is -2.42. The first-order valence-corrected chi connectivity index (χ1v) is 6.14. The number of hydrogen-bond acceptors (Lipinski definition) is 3. The van der Waals surface area contributed by atoms with E-state index in [9.17, 15) is 9.90 Å². The highest BCUT2D eigenvalue weighted by Crippen LogP contribution is 2.22. The fraction of sp³-hybridized carbons (Fsp3) is 0.769. The summed E-state index contributed by atoms with van der Waals surface area (Å²) in [5, 5.41) is 9.19. The summed E-state index contributed by atoms with van der Waals surface area (Å²) in [6.07, 6.45) is 2.50. The molecule has 4 heteroatoms. The zero-order valence-corrected chi connectivity index (χ0v) is 11.2. The SMILES string of the molecule is CC/C=C(/C)C(=O)N1CC(CO)OC(C)(C)C1. The van der Waals surface area contributed by atoms with E-state index in [0.29, 0.717) is 13.1 Å². The van der Waals surface area contributed by atoms with Gasteiger partial charge < -0.3 is 14.7 Å². The number of carbonyl (C=O) groups is 1. The standard InChI is InChI=1S/C13H23NO3/c1-5-6-10(2)12(16)14-7-11(8-15)17-13(3,4)9-14/h6,11,15H,5,7-9H2,1-4H3/b10-6-. The van der Waals surface area contributed by atoms with Gasteiger partial charge in [0.2, 0.25) is 5.91 Å². The summed E-state index contributed by atoms with van der Waals surface area (Å²) in [6, 6.07) is 0. The molecule has 17 heavy (non-hydrogen) atoms. The van der Waals surface area contributed by atoms with Gasteiger partial charge in [-0.3, -0.25) is 4.79 Å². The van der Waals surface area contributed by atoms with Crippen LogP contribution in [0, 0.1) is 0 Å². The Balaban J connectivity index is 2.76. The fourth-order valence-electron chi connectivity index (χ4n) is 2.19. The molecule has 0 saturated carbocycles. The second kappa shape index (κ2) is 5.65. The molecule has 1 aliphatic rings. The van der Waals surface area contributed by atoms with Crippen molar-refractivity contribution < 1.29 is 14.6 Å². The van der Waals surface area contributed by atoms with Gasteiger partial charge in [0.05, 0.1) is 18.3 Å². The first-order chi connectivity index (χ1) is 7.89. The number of rotatable bonds is 3. The van der Waals surface area contributed by atoms with Crippen molar-refractivity contribution in [2.24, 2.45) is 0 Å². The molecule has 0 spiro atoms. The molecule has 1 heterocycles. The molecule has 4 nitrogen and oxygen atoms in total. The molecule has 1 atom stereocenters. The van der Waals surface area contributed by atoms with Crippen molar-refractivity contribution in [3.05, 3.63) is 11.6 Å². The summed E-state index contributed by atoms with van der Waals surface area (Å²) in [4.78, 5) is 13.9. The van der Waals surface area contributed by atoms with Crippen LogP contribution in [0.3, 0.4) is 0 Å². The average molecular weight is 241 g/mol. The Kier molecular flexibility index (Phi) is 4.71. The Hall–Kier alpha value is -0.870. The van der Waals surface area contributed by atoms with Gasteiger partial charge in [-0.15, -0.1) is 0 Å². The van der Waals surface area contributed by atoms with Gasteiger partial charge in [0.15, 0.2) is 0 Å². The summed E-state index contributed by atoms with van der Waals surface area (Å²) in [7, 11) is 0. The van der Waals surface area contributed by atoms with Crippen LogP contribution in [0.15, 0.2) is 11.6 Å². The third-order valence-electron chi connectivity index (χ3n) is 2.82. The molecule has 0 bridgehead atoms. The normalized spacial score (nSPS) is 24.9. The Morgan fingerprint density at radius 1 is 1.59 bits per heavy atom. The van der Waals surface area contributed by atoms with Gasteiger partial charge in [0.1, 0.15) is 0 Å². The maximum atomic E-state index is 12.2. The van der Waals surface area contributed by atoms with Gasteiger partial charge in [-0.05, 0) is 27.2 Å². The molecule has 1 amide bonds. The van der Waals surface area contributed by atoms with Gasteiger partial charge in [-0.2, -0.15) is 0 Å². The van der Waals surface area contributed by atoms with Crippen LogP contribution in [0.2, 0.25) is 0 Å². The van der Waals surface area contributed by atoms with Crippen LogP contribution in [0.5, 0.6) is 0 Å². The lowest BCUT2D eigenvalue weighted by atomic mass is 10.0. The minimum absolute atomic E-state index is 0.0432. The van der Waals surface area contributed by atoms with E-state index in [1.807, 2.05) is 33.8 Å². The minimum Gasteiger partial charge on any atom is -0.394 e. The second-order valence-corrected chi connectivity index (χ2v) is 5.16. The van der Waals surface area contributed by atoms with E-state index >= 15 is 0 Å². The molecule has 1 aliphatic heterocycles. The number of nitrogens with zero attached hydrogens (tertiary/aromatic N) is 1. The Morgan fingerprint density at radius 2 is 2.24 bits per heavy atom. The predicted octanol–water partition coefficient (Wildman–Crippen LogP) is 1.34. The van der Waals surface area contributed by atoms with Crippen molar-refractivity contribution in [1.82, 2.24) is 4.90 Å². The number of hydrogen-bond donors (Lipinski definition) is 1. The van der Waals surface area contributed by atoms with Gasteiger partial charge in [-0.1, -0.05) is 13.0 Å². The van der Waals surface area contributed by atoms with Crippen molar-refractivity contribution in [2.75, 3.05) is 19.7 Å². The number of carbonyl (C=O) groups excluding carboxylic acids is 1. The van der Waals surface area contributed by atoms with E-state index in [1.165, 1.54) is 0 Å². The number of allylic oxidation sites excluding steroid dienone is 1. The number of aliphatic hydroxyl groups is 1. The van der Waals surface area contributed by atoms with Gasteiger partial charge >= 0.3 is 0 Å². The molecule has 0 radical (unpaired) electrons. The lowest BCUT2D eigenvalue weighted by Crippen LogP contribution is -2.55. The van der Waals surface area contributed by atoms with E-state index in [4.69, 9.17) is 4.74 Å². The third kappa shape index (κ3) is 3.82. The van der Waals surface area contributed by atoms with Crippen molar-refractivity contribution in [2.45, 2.75) is 45.8 Å². The van der Waals surface area contributed by atoms with E-state index in [0.717, 1.165) is 12.0 Å². The Bertz CT molecular complexity index is 310. The summed E-state index contributed by atoms with van der Waals surface area (Å²) in [6.45, 7) is 8.70. The topological polar surface area (TPSA) is 49.8 Å². The maximum Gasteiger partial charge on any atom is 0.249 e. The van der Waals surface area contributed by atoms with Crippen molar-refractivity contribution >= 4 is 5.91 Å². The number of morpholine rings is 1. The van der Waals surface area contributed by atoms with Crippen LogP contribution in [0.25, 0.3) is 0 Å². The van der Waals surface area contributed by atoms with Crippen molar-refractivity contribution in [3.63, 3.8) is 0 Å². The highest BCUT2D eigenvalue weighted by Gasteiger charge is 2.35. The first-order valence-electron chi connectivity index (χ1n) is 6.14. The zero-order chi connectivity index (χ0) is 13.1. The molecule has 98 valence electrons. The molecule has 1 fully saturated rings. The van der Waals surface area contributed by atoms with Crippen LogP contribution >= 0.6 is 0 Å². The quantitative estimate of drug-likeness (QED) is 0.759. The number of amides is 1. The summed E-state index contributed by atoms with van der Waals surface area (Å²) < 4.78 is 5.68. The number of aliphatic hydroxyl groups excluding tert-OH is 1. The van der Waals surface area contributed by atoms with E-state index < -0.39 is 5.60 Å². The second-order valence-electron chi connectivity index (χ2n) is 5.16. The fourth-order valence-corrected chi connectivity index (χ4v) is 2.19. The minimum atomic E-state index is -0.395. The molecular formula is C13H23NO3. The molecule has 0 aromatic heterocycles. The maximum absolute atomic E-state index is 12.2. The monoisotopic (exact) mass is 241 g/mol. The molecule has 0 aromatic carbocycles. The van der Waals surface area contributed by atoms with E-state index in [2.05, 4.69) is 0 Å². The van der Waals surface area contributed by atoms with Gasteiger partial charge in [0, 0.05) is 18.7 Å². The van der Waals surface area contributed by atoms with Crippen LogP contribution < -0.4 is 0 Å². The largest absolute Gasteiger partial charge is 0.394 e.